The van der Waals surface area contributed by atoms with E-state index in [0.29, 0.717) is 27.6 Å². The summed E-state index contributed by atoms with van der Waals surface area (Å²) in [5.41, 5.74) is 2.48. The molecule has 9 heteroatoms. The van der Waals surface area contributed by atoms with Crippen molar-refractivity contribution in [3.8, 4) is 5.69 Å². The summed E-state index contributed by atoms with van der Waals surface area (Å²) in [6, 6.07) is 11.5. The van der Waals surface area contributed by atoms with Gasteiger partial charge in [0.1, 0.15) is 11.5 Å². The summed E-state index contributed by atoms with van der Waals surface area (Å²) in [6.45, 7) is 3.14. The molecule has 146 valence electrons. The maximum atomic E-state index is 14.0. The minimum atomic E-state index is -0.424. The average molecular weight is 409 g/mol. The van der Waals surface area contributed by atoms with Gasteiger partial charge < -0.3 is 5.32 Å². The Hall–Kier alpha value is -3.59. The number of para-hydroxylation sites is 1. The molecule has 0 saturated heterocycles. The van der Waals surface area contributed by atoms with Crippen LogP contribution in [0.1, 0.15) is 23.0 Å². The van der Waals surface area contributed by atoms with E-state index in [1.165, 1.54) is 35.2 Å². The van der Waals surface area contributed by atoms with E-state index in [9.17, 15) is 14.0 Å². The summed E-state index contributed by atoms with van der Waals surface area (Å²) >= 11 is 1.29. The largest absolute Gasteiger partial charge is 0.326 e. The lowest BCUT2D eigenvalue weighted by molar-refractivity contribution is -0.114. The molecule has 4 aromatic rings. The Kier molecular flexibility index (Phi) is 4.81. The molecular weight excluding hydrogens is 393 g/mol. The van der Waals surface area contributed by atoms with Crippen LogP contribution in [-0.4, -0.2) is 26.6 Å². The molecule has 0 spiro atoms. The van der Waals surface area contributed by atoms with Crippen molar-refractivity contribution in [1.29, 1.82) is 0 Å². The molecule has 2 heterocycles. The quantitative estimate of drug-likeness (QED) is 0.530. The monoisotopic (exact) mass is 409 g/mol. The van der Waals surface area contributed by atoms with Crippen molar-refractivity contribution in [3.05, 3.63) is 65.7 Å². The maximum Gasteiger partial charge on any atom is 0.260 e. The predicted molar refractivity (Wildman–Crippen MR) is 110 cm³/mol. The molecule has 0 radical (unpaired) electrons. The van der Waals surface area contributed by atoms with Crippen molar-refractivity contribution in [3.63, 3.8) is 0 Å². The molecule has 7 nitrogen and oxygen atoms in total. The van der Waals surface area contributed by atoms with Gasteiger partial charge in [-0.1, -0.05) is 23.5 Å². The highest BCUT2D eigenvalue weighted by Gasteiger charge is 2.18. The Morgan fingerprint density at radius 1 is 1.14 bits per heavy atom. The van der Waals surface area contributed by atoms with Crippen LogP contribution in [-0.2, 0) is 4.79 Å². The average Bonchev–Trinajstić information content (AvgIpc) is 3.24. The van der Waals surface area contributed by atoms with Crippen molar-refractivity contribution in [2.75, 3.05) is 10.6 Å². The lowest BCUT2D eigenvalue weighted by atomic mass is 10.2. The number of hydrogen-bond donors (Lipinski definition) is 2. The van der Waals surface area contributed by atoms with Gasteiger partial charge in [-0.3, -0.25) is 14.9 Å². The number of hydrogen-bond acceptors (Lipinski definition) is 5. The molecule has 2 amide bonds. The number of nitrogens with zero attached hydrogens (tertiary/aromatic N) is 3. The molecule has 0 saturated carbocycles. The zero-order valence-electron chi connectivity index (χ0n) is 15.6. The number of amides is 2. The summed E-state index contributed by atoms with van der Waals surface area (Å²) in [5.74, 6) is -0.970. The number of carbonyl (C=O) groups excluding carboxylic acids is 2. The van der Waals surface area contributed by atoms with E-state index in [2.05, 4.69) is 20.7 Å². The number of carbonyl (C=O) groups is 2. The van der Waals surface area contributed by atoms with Crippen LogP contribution in [0.15, 0.2) is 48.7 Å². The van der Waals surface area contributed by atoms with Crippen molar-refractivity contribution in [2.24, 2.45) is 0 Å². The summed E-state index contributed by atoms with van der Waals surface area (Å²) in [5, 5.41) is 10.0. The molecule has 4 rings (SSSR count). The van der Waals surface area contributed by atoms with Gasteiger partial charge in [-0.25, -0.2) is 14.1 Å². The van der Waals surface area contributed by atoms with Gasteiger partial charge in [0.15, 0.2) is 5.13 Å². The molecule has 2 N–H and O–H groups in total. The van der Waals surface area contributed by atoms with Crippen LogP contribution in [0.2, 0.25) is 0 Å². The van der Waals surface area contributed by atoms with Gasteiger partial charge in [0.25, 0.3) is 5.91 Å². The van der Waals surface area contributed by atoms with Gasteiger partial charge in [0, 0.05) is 12.6 Å². The first-order chi connectivity index (χ1) is 13.9. The van der Waals surface area contributed by atoms with Crippen molar-refractivity contribution in [1.82, 2.24) is 14.8 Å². The van der Waals surface area contributed by atoms with E-state index in [1.807, 2.05) is 0 Å². The van der Waals surface area contributed by atoms with Gasteiger partial charge in [0.05, 0.1) is 27.7 Å². The summed E-state index contributed by atoms with van der Waals surface area (Å²) in [4.78, 5) is 28.3. The van der Waals surface area contributed by atoms with Crippen LogP contribution in [0.5, 0.6) is 0 Å². The molecule has 29 heavy (non-hydrogen) atoms. The van der Waals surface area contributed by atoms with Crippen molar-refractivity contribution >= 4 is 44.2 Å². The Morgan fingerprint density at radius 3 is 2.69 bits per heavy atom. The Labute approximate surface area is 169 Å². The van der Waals surface area contributed by atoms with Crippen molar-refractivity contribution < 1.29 is 14.0 Å². The standard InChI is InChI=1S/C20H16FN5O2S/c1-11-14(10-22-26(11)17-6-4-3-5-15(17)21)19(28)25-20-24-16-8-7-13(23-12(2)27)9-18(16)29-20/h3-10H,1-2H3,(H,23,27)(H,24,25,28). The second kappa shape index (κ2) is 7.44. The molecule has 0 aliphatic heterocycles. The molecule has 0 aliphatic rings. The molecule has 0 atom stereocenters. The molecule has 0 aliphatic carbocycles. The molecule has 0 fully saturated rings. The minimum Gasteiger partial charge on any atom is -0.326 e. The third-order valence-corrected chi connectivity index (χ3v) is 5.20. The fraction of sp³-hybridized carbons (Fsp3) is 0.100. The minimum absolute atomic E-state index is 0.162. The highest BCUT2D eigenvalue weighted by molar-refractivity contribution is 7.22. The third kappa shape index (κ3) is 3.72. The van der Waals surface area contributed by atoms with Gasteiger partial charge in [-0.2, -0.15) is 5.10 Å². The van der Waals surface area contributed by atoms with Crippen molar-refractivity contribution in [2.45, 2.75) is 13.8 Å². The van der Waals surface area contributed by atoms with Gasteiger partial charge in [0.2, 0.25) is 5.91 Å². The Bertz CT molecular complexity index is 1250. The van der Waals surface area contributed by atoms with E-state index in [0.717, 1.165) is 4.70 Å². The van der Waals surface area contributed by atoms with E-state index < -0.39 is 5.82 Å². The Balaban J connectivity index is 1.58. The summed E-state index contributed by atoms with van der Waals surface area (Å²) < 4.78 is 16.3. The molecule has 2 aromatic carbocycles. The lowest BCUT2D eigenvalue weighted by Gasteiger charge is -2.06. The number of halogens is 1. The summed E-state index contributed by atoms with van der Waals surface area (Å²) in [6.07, 6.45) is 1.40. The highest BCUT2D eigenvalue weighted by Crippen LogP contribution is 2.29. The molecule has 2 aromatic heterocycles. The zero-order chi connectivity index (χ0) is 20.5. The van der Waals surface area contributed by atoms with E-state index in [-0.39, 0.29) is 17.5 Å². The van der Waals surface area contributed by atoms with Crippen LogP contribution < -0.4 is 10.6 Å². The Morgan fingerprint density at radius 2 is 1.93 bits per heavy atom. The zero-order valence-corrected chi connectivity index (χ0v) is 16.4. The van der Waals surface area contributed by atoms with E-state index in [4.69, 9.17) is 0 Å². The lowest BCUT2D eigenvalue weighted by Crippen LogP contribution is -2.13. The number of nitrogens with one attached hydrogen (secondary N) is 2. The molecule has 0 bridgehead atoms. The van der Waals surface area contributed by atoms with Crippen LogP contribution in [0, 0.1) is 12.7 Å². The fourth-order valence-corrected chi connectivity index (χ4v) is 3.82. The first-order valence-electron chi connectivity index (χ1n) is 8.71. The number of anilines is 2. The topological polar surface area (TPSA) is 88.9 Å². The van der Waals surface area contributed by atoms with E-state index in [1.54, 1.807) is 43.3 Å². The number of aromatic nitrogens is 3. The first-order valence-corrected chi connectivity index (χ1v) is 9.53. The predicted octanol–water partition coefficient (Wildman–Crippen LogP) is 4.14. The second-order valence-corrected chi connectivity index (χ2v) is 7.37. The second-order valence-electron chi connectivity index (χ2n) is 6.34. The highest BCUT2D eigenvalue weighted by atomic mass is 32.1. The summed E-state index contributed by atoms with van der Waals surface area (Å²) in [7, 11) is 0. The van der Waals surface area contributed by atoms with Gasteiger partial charge in [-0.15, -0.1) is 0 Å². The molecule has 0 unspecified atom stereocenters. The smallest absolute Gasteiger partial charge is 0.260 e. The van der Waals surface area contributed by atoms with Crippen LogP contribution >= 0.6 is 11.3 Å². The van der Waals surface area contributed by atoms with Crippen LogP contribution in [0.3, 0.4) is 0 Å². The first kappa shape index (κ1) is 18.8. The number of thiazole rings is 1. The van der Waals surface area contributed by atoms with Crippen LogP contribution in [0.4, 0.5) is 15.2 Å². The number of rotatable bonds is 4. The third-order valence-electron chi connectivity index (χ3n) is 4.26. The normalized spacial score (nSPS) is 10.9. The maximum absolute atomic E-state index is 14.0. The number of fused-ring (bicyclic) bond motifs is 1. The van der Waals surface area contributed by atoms with Crippen LogP contribution in [0.25, 0.3) is 15.9 Å². The molecular formula is C20H16FN5O2S. The fourth-order valence-electron chi connectivity index (χ4n) is 2.92. The van der Waals surface area contributed by atoms with Gasteiger partial charge in [-0.05, 0) is 37.3 Å². The SMILES string of the molecule is CC(=O)Nc1ccc2nc(NC(=O)c3cnn(-c4ccccc4F)c3C)sc2c1. The number of benzene rings is 2. The van der Waals surface area contributed by atoms with Gasteiger partial charge >= 0.3 is 0 Å². The van der Waals surface area contributed by atoms with E-state index >= 15 is 0 Å².